The lowest BCUT2D eigenvalue weighted by molar-refractivity contribution is 0.176. The van der Waals surface area contributed by atoms with Gasteiger partial charge in [0.05, 0.1) is 17.3 Å². The average Bonchev–Trinajstić information content (AvgIpc) is 2.96. The van der Waals surface area contributed by atoms with Crippen molar-refractivity contribution in [2.45, 2.75) is 36.7 Å². The van der Waals surface area contributed by atoms with E-state index in [1.165, 1.54) is 0 Å². The second-order valence-corrected chi connectivity index (χ2v) is 7.85. The monoisotopic (exact) mass is 295 g/mol. The molecule has 0 aliphatic carbocycles. The van der Waals surface area contributed by atoms with Crippen molar-refractivity contribution in [1.29, 1.82) is 0 Å². The van der Waals surface area contributed by atoms with Crippen LogP contribution < -0.4 is 5.32 Å². The number of sulfone groups is 1. The summed E-state index contributed by atoms with van der Waals surface area (Å²) >= 11 is 0. The predicted molar refractivity (Wildman–Crippen MR) is 77.4 cm³/mol. The molecule has 2 aliphatic heterocycles. The Hall–Kier alpha value is -0.910. The van der Waals surface area contributed by atoms with Crippen molar-refractivity contribution in [3.8, 4) is 0 Å². The van der Waals surface area contributed by atoms with Gasteiger partial charge in [-0.25, -0.2) is 8.42 Å². The maximum atomic E-state index is 12.1. The van der Waals surface area contributed by atoms with E-state index in [1.54, 1.807) is 12.1 Å². The molecule has 1 saturated heterocycles. The molecular weight excluding hydrogens is 274 g/mol. The summed E-state index contributed by atoms with van der Waals surface area (Å²) in [6, 6.07) is 7.84. The van der Waals surface area contributed by atoms with Gasteiger partial charge < -0.3 is 10.1 Å². The molecule has 3 atom stereocenters. The van der Waals surface area contributed by atoms with E-state index >= 15 is 0 Å². The van der Waals surface area contributed by atoms with Crippen LogP contribution in [0.4, 0.5) is 0 Å². The Labute approximate surface area is 120 Å². The van der Waals surface area contributed by atoms with Gasteiger partial charge in [-0.3, -0.25) is 0 Å². The van der Waals surface area contributed by atoms with E-state index in [4.69, 9.17) is 4.74 Å². The first-order chi connectivity index (χ1) is 9.58. The number of nitrogens with one attached hydrogen (secondary N) is 1. The molecule has 0 amide bonds. The van der Waals surface area contributed by atoms with Crippen LogP contribution in [0.5, 0.6) is 0 Å². The molecule has 0 radical (unpaired) electrons. The van der Waals surface area contributed by atoms with Crippen LogP contribution in [-0.4, -0.2) is 33.4 Å². The molecule has 0 bridgehead atoms. The third kappa shape index (κ3) is 2.62. The van der Waals surface area contributed by atoms with E-state index in [9.17, 15) is 8.42 Å². The van der Waals surface area contributed by atoms with Gasteiger partial charge in [-0.15, -0.1) is 0 Å². The second kappa shape index (κ2) is 5.47. The first-order valence-corrected chi connectivity index (χ1v) is 8.88. The zero-order valence-electron chi connectivity index (χ0n) is 11.7. The van der Waals surface area contributed by atoms with Crippen molar-refractivity contribution in [2.24, 2.45) is 5.92 Å². The topological polar surface area (TPSA) is 55.4 Å². The highest BCUT2D eigenvalue weighted by Crippen LogP contribution is 2.33. The molecule has 20 heavy (non-hydrogen) atoms. The van der Waals surface area contributed by atoms with E-state index in [-0.39, 0.29) is 11.8 Å². The van der Waals surface area contributed by atoms with Crippen molar-refractivity contribution in [1.82, 2.24) is 5.32 Å². The number of ether oxygens (including phenoxy) is 1. The normalized spacial score (nSPS) is 29.9. The number of benzene rings is 1. The molecule has 0 saturated carbocycles. The van der Waals surface area contributed by atoms with E-state index in [0.29, 0.717) is 23.3 Å². The highest BCUT2D eigenvalue weighted by atomic mass is 32.2. The maximum Gasteiger partial charge on any atom is 0.178 e. The van der Waals surface area contributed by atoms with Crippen LogP contribution in [0, 0.1) is 5.92 Å². The average molecular weight is 295 g/mol. The Morgan fingerprint density at radius 2 is 2.10 bits per heavy atom. The van der Waals surface area contributed by atoms with Gasteiger partial charge in [0.15, 0.2) is 9.84 Å². The van der Waals surface area contributed by atoms with E-state index in [1.807, 2.05) is 12.1 Å². The molecule has 5 heteroatoms. The van der Waals surface area contributed by atoms with Gasteiger partial charge in [0, 0.05) is 18.7 Å². The van der Waals surface area contributed by atoms with Crippen molar-refractivity contribution in [3.05, 3.63) is 29.8 Å². The molecule has 3 unspecified atom stereocenters. The van der Waals surface area contributed by atoms with Crippen LogP contribution in [0.2, 0.25) is 0 Å². The van der Waals surface area contributed by atoms with Crippen molar-refractivity contribution >= 4 is 9.84 Å². The molecule has 1 N–H and O–H groups in total. The molecule has 1 fully saturated rings. The first-order valence-electron chi connectivity index (χ1n) is 7.23. The predicted octanol–water partition coefficient (Wildman–Crippen LogP) is 1.92. The maximum absolute atomic E-state index is 12.1. The number of hydrogen-bond donors (Lipinski definition) is 1. The fraction of sp³-hybridized carbons (Fsp3) is 0.600. The van der Waals surface area contributed by atoms with Gasteiger partial charge >= 0.3 is 0 Å². The molecule has 3 rings (SSSR count). The van der Waals surface area contributed by atoms with E-state index in [0.717, 1.165) is 25.2 Å². The molecule has 2 heterocycles. The third-order valence-electron chi connectivity index (χ3n) is 4.44. The van der Waals surface area contributed by atoms with Crippen LogP contribution in [0.25, 0.3) is 0 Å². The Morgan fingerprint density at radius 1 is 1.30 bits per heavy atom. The molecule has 110 valence electrons. The first kappa shape index (κ1) is 14.0. The van der Waals surface area contributed by atoms with Crippen molar-refractivity contribution in [2.75, 3.05) is 19.0 Å². The summed E-state index contributed by atoms with van der Waals surface area (Å²) in [6.07, 6.45) is 1.73. The molecule has 1 aromatic carbocycles. The van der Waals surface area contributed by atoms with Crippen LogP contribution >= 0.6 is 0 Å². The fourth-order valence-corrected chi connectivity index (χ4v) is 4.78. The van der Waals surface area contributed by atoms with Gasteiger partial charge in [0.25, 0.3) is 0 Å². The van der Waals surface area contributed by atoms with E-state index < -0.39 is 9.84 Å². The van der Waals surface area contributed by atoms with E-state index in [2.05, 4.69) is 12.2 Å². The minimum absolute atomic E-state index is 0.130. The number of fused-ring (bicyclic) bond motifs is 1. The lowest BCUT2D eigenvalue weighted by atomic mass is 9.97. The standard InChI is InChI=1S/C15H21NO3S/c1-11(12-6-8-19-10-12)16-14-7-9-20(17,18)15-5-3-2-4-13(14)15/h2-5,11-12,14,16H,6-10H2,1H3. The zero-order chi connectivity index (χ0) is 14.2. The fourth-order valence-electron chi connectivity index (χ4n) is 3.16. The summed E-state index contributed by atoms with van der Waals surface area (Å²) in [6.45, 7) is 3.82. The van der Waals surface area contributed by atoms with Gasteiger partial charge in [-0.2, -0.15) is 0 Å². The number of rotatable bonds is 3. The molecule has 1 aromatic rings. The van der Waals surface area contributed by atoms with Gasteiger partial charge in [0.1, 0.15) is 0 Å². The van der Waals surface area contributed by atoms with Crippen LogP contribution in [0.3, 0.4) is 0 Å². The SMILES string of the molecule is CC(NC1CCS(=O)(=O)c2ccccc21)C1CCOC1. The summed E-state index contributed by atoms with van der Waals surface area (Å²) in [5, 5.41) is 3.61. The molecular formula is C15H21NO3S. The van der Waals surface area contributed by atoms with Gasteiger partial charge in [-0.1, -0.05) is 18.2 Å². The lowest BCUT2D eigenvalue weighted by Crippen LogP contribution is -2.39. The minimum Gasteiger partial charge on any atom is -0.381 e. The Kier molecular flexibility index (Phi) is 3.84. The quantitative estimate of drug-likeness (QED) is 0.925. The third-order valence-corrected chi connectivity index (χ3v) is 6.26. The minimum atomic E-state index is -3.09. The molecule has 2 aliphatic rings. The summed E-state index contributed by atoms with van der Waals surface area (Å²) in [5.41, 5.74) is 0.921. The van der Waals surface area contributed by atoms with Crippen LogP contribution in [-0.2, 0) is 14.6 Å². The highest BCUT2D eigenvalue weighted by Gasteiger charge is 2.32. The van der Waals surface area contributed by atoms with Crippen LogP contribution in [0.1, 0.15) is 31.4 Å². The number of hydrogen-bond acceptors (Lipinski definition) is 4. The van der Waals surface area contributed by atoms with Gasteiger partial charge in [-0.05, 0) is 37.3 Å². The van der Waals surface area contributed by atoms with Crippen LogP contribution in [0.15, 0.2) is 29.2 Å². The summed E-state index contributed by atoms with van der Waals surface area (Å²) in [7, 11) is -3.09. The summed E-state index contributed by atoms with van der Waals surface area (Å²) in [4.78, 5) is 0.499. The largest absolute Gasteiger partial charge is 0.381 e. The highest BCUT2D eigenvalue weighted by molar-refractivity contribution is 7.91. The lowest BCUT2D eigenvalue weighted by Gasteiger charge is -2.31. The summed E-state index contributed by atoms with van der Waals surface area (Å²) < 4.78 is 29.7. The van der Waals surface area contributed by atoms with Crippen molar-refractivity contribution < 1.29 is 13.2 Å². The second-order valence-electron chi connectivity index (χ2n) is 5.78. The molecule has 4 nitrogen and oxygen atoms in total. The Bertz CT molecular complexity index is 579. The zero-order valence-corrected chi connectivity index (χ0v) is 12.5. The Morgan fingerprint density at radius 3 is 2.85 bits per heavy atom. The summed E-state index contributed by atoms with van der Waals surface area (Å²) in [5.74, 6) is 0.760. The Balaban J connectivity index is 1.81. The molecule has 0 spiro atoms. The smallest absolute Gasteiger partial charge is 0.178 e. The molecule has 0 aromatic heterocycles. The van der Waals surface area contributed by atoms with Crippen molar-refractivity contribution in [3.63, 3.8) is 0 Å². The van der Waals surface area contributed by atoms with Gasteiger partial charge in [0.2, 0.25) is 0 Å².